The van der Waals surface area contributed by atoms with Crippen LogP contribution in [0.5, 0.6) is 11.5 Å². The highest BCUT2D eigenvalue weighted by Crippen LogP contribution is 2.34. The fourth-order valence-electron chi connectivity index (χ4n) is 6.75. The summed E-state index contributed by atoms with van der Waals surface area (Å²) in [5.74, 6) is -4.25. The number of benzene rings is 3. The van der Waals surface area contributed by atoms with E-state index in [9.17, 15) is 18.0 Å². The lowest BCUT2D eigenvalue weighted by molar-refractivity contribution is 0.0935. The van der Waals surface area contributed by atoms with Gasteiger partial charge in [-0.05, 0) is 68.5 Å². The van der Waals surface area contributed by atoms with Gasteiger partial charge in [-0.15, -0.1) is 0 Å². The summed E-state index contributed by atoms with van der Waals surface area (Å²) in [6.07, 6.45) is 9.04. The third kappa shape index (κ3) is 7.63. The van der Waals surface area contributed by atoms with Crippen molar-refractivity contribution >= 4 is 22.6 Å². The molecule has 266 valence electrons. The first-order valence-electron chi connectivity index (χ1n) is 17.2. The number of hydrogen-bond donors (Lipinski definition) is 1. The average molecular weight is 700 g/mol. The number of carbonyl (C=O) groups excluding carboxylic acids is 1. The molecule has 0 spiro atoms. The molecule has 0 unspecified atom stereocenters. The number of nitrogens with one attached hydrogen (secondary N) is 1. The lowest BCUT2D eigenvalue weighted by Crippen LogP contribution is -2.44. The van der Waals surface area contributed by atoms with Gasteiger partial charge in [0.25, 0.3) is 5.91 Å². The minimum absolute atomic E-state index is 0.138. The molecule has 1 saturated carbocycles. The van der Waals surface area contributed by atoms with Crippen LogP contribution in [-0.2, 0) is 6.61 Å². The van der Waals surface area contributed by atoms with Gasteiger partial charge in [-0.1, -0.05) is 24.3 Å². The molecule has 5 aromatic rings. The molecule has 2 aromatic heterocycles. The van der Waals surface area contributed by atoms with E-state index < -0.39 is 34.7 Å². The Morgan fingerprint density at radius 1 is 0.922 bits per heavy atom. The molecule has 3 aromatic carbocycles. The molecule has 51 heavy (non-hydrogen) atoms. The van der Waals surface area contributed by atoms with Crippen molar-refractivity contribution in [3.8, 4) is 22.8 Å². The first-order valence-corrected chi connectivity index (χ1v) is 17.2. The SMILES string of the molecule is COc1ccc(COc2c(F)cc(C(=O)NCC3CCC(n4cc5ccc(-c6cnc(N7CCN(C)CC7)cn6)cc5n4)CC3)c(F)c2F)cc1. The number of rotatable bonds is 10. The van der Waals surface area contributed by atoms with Crippen molar-refractivity contribution in [3.63, 3.8) is 0 Å². The minimum atomic E-state index is -1.54. The summed E-state index contributed by atoms with van der Waals surface area (Å²) < 4.78 is 56.9. The molecular weight excluding hydrogens is 659 g/mol. The molecule has 1 N–H and O–H groups in total. The number of likely N-dealkylation sites (N-methyl/N-ethyl adjacent to an activating group) is 1. The molecule has 7 rings (SSSR count). The number of methoxy groups -OCH3 is 1. The van der Waals surface area contributed by atoms with E-state index in [1.54, 1.807) is 24.3 Å². The fraction of sp³-hybridized carbons (Fsp3) is 0.368. The van der Waals surface area contributed by atoms with Gasteiger partial charge in [0.15, 0.2) is 17.4 Å². The van der Waals surface area contributed by atoms with Crippen LogP contribution in [-0.4, -0.2) is 77.4 Å². The van der Waals surface area contributed by atoms with Crippen molar-refractivity contribution in [2.45, 2.75) is 38.3 Å². The van der Waals surface area contributed by atoms with Gasteiger partial charge in [-0.25, -0.2) is 13.8 Å². The van der Waals surface area contributed by atoms with Crippen molar-refractivity contribution in [1.29, 1.82) is 0 Å². The summed E-state index contributed by atoms with van der Waals surface area (Å²) in [6.45, 7) is 3.96. The summed E-state index contributed by atoms with van der Waals surface area (Å²) in [6, 6.07) is 13.7. The van der Waals surface area contributed by atoms with E-state index >= 15 is 0 Å². The van der Waals surface area contributed by atoms with Gasteiger partial charge >= 0.3 is 0 Å². The van der Waals surface area contributed by atoms with E-state index in [4.69, 9.17) is 19.6 Å². The van der Waals surface area contributed by atoms with E-state index in [1.165, 1.54) is 7.11 Å². The van der Waals surface area contributed by atoms with Crippen LogP contribution < -0.4 is 19.7 Å². The second kappa shape index (κ2) is 15.0. The van der Waals surface area contributed by atoms with Gasteiger partial charge in [0.2, 0.25) is 5.82 Å². The van der Waals surface area contributed by atoms with Gasteiger partial charge in [0.05, 0.1) is 42.3 Å². The Hall–Kier alpha value is -5.17. The van der Waals surface area contributed by atoms with Gasteiger partial charge in [0.1, 0.15) is 18.2 Å². The largest absolute Gasteiger partial charge is 0.497 e. The van der Waals surface area contributed by atoms with Crippen LogP contribution in [0.25, 0.3) is 22.2 Å². The maximum atomic E-state index is 14.9. The van der Waals surface area contributed by atoms with Crippen molar-refractivity contribution in [2.75, 3.05) is 51.8 Å². The molecule has 1 aliphatic heterocycles. The third-order valence-electron chi connectivity index (χ3n) is 9.93. The third-order valence-corrected chi connectivity index (χ3v) is 9.93. The Labute approximate surface area is 294 Å². The second-order valence-electron chi connectivity index (χ2n) is 13.3. The number of fused-ring (bicyclic) bond motifs is 1. The van der Waals surface area contributed by atoms with Gasteiger partial charge in [-0.2, -0.15) is 9.49 Å². The van der Waals surface area contributed by atoms with E-state index in [-0.39, 0.29) is 25.1 Å². The van der Waals surface area contributed by atoms with Crippen LogP contribution in [0.3, 0.4) is 0 Å². The first-order chi connectivity index (χ1) is 24.7. The smallest absolute Gasteiger partial charge is 0.254 e. The normalized spacial score (nSPS) is 18.2. The molecule has 1 aliphatic carbocycles. The molecule has 10 nitrogen and oxygen atoms in total. The number of halogens is 3. The van der Waals surface area contributed by atoms with Crippen LogP contribution in [0.4, 0.5) is 19.0 Å². The Morgan fingerprint density at radius 2 is 1.69 bits per heavy atom. The van der Waals surface area contributed by atoms with Crippen LogP contribution in [0.15, 0.2) is 67.1 Å². The van der Waals surface area contributed by atoms with Crippen molar-refractivity contribution in [1.82, 2.24) is 30.0 Å². The standard InChI is InChI=1S/C38H40F3N7O3/c1-46-13-15-47(16-14-46)34-21-42-33(20-43-34)26-7-8-27-22-48(45-32(27)17-26)28-9-3-24(4-10-28)19-44-38(49)30-18-31(39)37(36(41)35(30)40)51-23-25-5-11-29(50-2)12-6-25/h5-8,11-12,17-18,20-22,24,28H,3-4,9-10,13-16,19,23H2,1-2H3,(H,44,49). The topological polar surface area (TPSA) is 97.6 Å². The van der Waals surface area contributed by atoms with Crippen molar-refractivity contribution < 1.29 is 27.4 Å². The number of amides is 1. The number of hydrogen-bond acceptors (Lipinski definition) is 8. The number of nitrogens with zero attached hydrogens (tertiary/aromatic N) is 6. The van der Waals surface area contributed by atoms with Crippen LogP contribution in [0.2, 0.25) is 0 Å². The van der Waals surface area contributed by atoms with Crippen molar-refractivity contribution in [3.05, 3.63) is 95.7 Å². The molecule has 0 atom stereocenters. The lowest BCUT2D eigenvalue weighted by atomic mass is 9.86. The lowest BCUT2D eigenvalue weighted by Gasteiger charge is -2.32. The summed E-state index contributed by atoms with van der Waals surface area (Å²) in [7, 11) is 3.65. The van der Waals surface area contributed by atoms with E-state index in [1.807, 2.05) is 29.2 Å². The molecule has 2 aliphatic rings. The Bertz CT molecular complexity index is 1990. The maximum absolute atomic E-state index is 14.9. The van der Waals surface area contributed by atoms with Crippen LogP contribution in [0, 0.1) is 23.4 Å². The van der Waals surface area contributed by atoms with Crippen molar-refractivity contribution in [2.24, 2.45) is 5.92 Å². The highest BCUT2D eigenvalue weighted by atomic mass is 19.2. The van der Waals surface area contributed by atoms with E-state index in [2.05, 4.69) is 39.4 Å². The summed E-state index contributed by atoms with van der Waals surface area (Å²) in [5.41, 5.74) is 2.54. The number of piperazine rings is 1. The maximum Gasteiger partial charge on any atom is 0.254 e. The van der Waals surface area contributed by atoms with Gasteiger partial charge in [-0.3, -0.25) is 14.5 Å². The number of carbonyl (C=O) groups is 1. The number of ether oxygens (including phenoxy) is 2. The molecule has 13 heteroatoms. The fourth-order valence-corrected chi connectivity index (χ4v) is 6.75. The van der Waals surface area contributed by atoms with Gasteiger partial charge < -0.3 is 24.6 Å². The average Bonchev–Trinajstić information content (AvgIpc) is 3.60. The predicted molar refractivity (Wildman–Crippen MR) is 187 cm³/mol. The molecule has 3 heterocycles. The number of aromatic nitrogens is 4. The quantitative estimate of drug-likeness (QED) is 0.167. The number of anilines is 1. The summed E-state index contributed by atoms with van der Waals surface area (Å²) >= 11 is 0. The van der Waals surface area contributed by atoms with Crippen LogP contribution >= 0.6 is 0 Å². The molecule has 2 fully saturated rings. The summed E-state index contributed by atoms with van der Waals surface area (Å²) in [5, 5.41) is 8.59. The predicted octanol–water partition coefficient (Wildman–Crippen LogP) is 6.41. The van der Waals surface area contributed by atoms with Crippen LogP contribution in [0.1, 0.15) is 47.6 Å². The zero-order chi connectivity index (χ0) is 35.5. The highest BCUT2D eigenvalue weighted by molar-refractivity contribution is 5.94. The molecule has 1 saturated heterocycles. The molecule has 0 radical (unpaired) electrons. The summed E-state index contributed by atoms with van der Waals surface area (Å²) in [4.78, 5) is 26.8. The monoisotopic (exact) mass is 699 g/mol. The zero-order valence-electron chi connectivity index (χ0n) is 28.6. The Morgan fingerprint density at radius 3 is 2.39 bits per heavy atom. The Kier molecular flexibility index (Phi) is 10.1. The minimum Gasteiger partial charge on any atom is -0.497 e. The Balaban J connectivity index is 0.916. The molecular formula is C38H40F3N7O3. The van der Waals surface area contributed by atoms with E-state index in [0.717, 1.165) is 79.8 Å². The molecule has 1 amide bonds. The van der Waals surface area contributed by atoms with Gasteiger partial charge in [0, 0.05) is 49.9 Å². The zero-order valence-corrected chi connectivity index (χ0v) is 28.6. The molecule has 0 bridgehead atoms. The first kappa shape index (κ1) is 34.3. The van der Waals surface area contributed by atoms with E-state index in [0.29, 0.717) is 17.4 Å². The second-order valence-corrected chi connectivity index (χ2v) is 13.3. The highest BCUT2D eigenvalue weighted by Gasteiger charge is 2.27.